The monoisotopic (exact) mass is 443 g/mol. The Labute approximate surface area is 179 Å². The van der Waals surface area contributed by atoms with Gasteiger partial charge in [-0.3, -0.25) is 4.79 Å². The summed E-state index contributed by atoms with van der Waals surface area (Å²) in [5.74, 6) is -3.06. The summed E-state index contributed by atoms with van der Waals surface area (Å²) in [6.07, 6.45) is -4.62. The minimum absolute atomic E-state index is 0.0534. The van der Waals surface area contributed by atoms with Crippen LogP contribution in [0.5, 0.6) is 0 Å². The second-order valence-corrected chi connectivity index (χ2v) is 8.38. The molecule has 2 aromatic rings. The summed E-state index contributed by atoms with van der Waals surface area (Å²) in [6, 6.07) is 10.3. The molecule has 154 valence electrons. The van der Waals surface area contributed by atoms with Crippen molar-refractivity contribution in [3.8, 4) is 0 Å². The van der Waals surface area contributed by atoms with Crippen molar-refractivity contribution in [1.29, 1.82) is 0 Å². The summed E-state index contributed by atoms with van der Waals surface area (Å²) >= 11 is 0. The fourth-order valence-electron chi connectivity index (χ4n) is 2.74. The predicted molar refractivity (Wildman–Crippen MR) is 106 cm³/mol. The molecule has 0 aliphatic carbocycles. The molecule has 0 saturated carbocycles. The fraction of sp³-hybridized carbons (Fsp3) is 0.167. The van der Waals surface area contributed by atoms with Gasteiger partial charge in [0.15, 0.2) is 5.50 Å². The van der Waals surface area contributed by atoms with Crippen molar-refractivity contribution in [3.05, 3.63) is 82.9 Å². The van der Waals surface area contributed by atoms with Gasteiger partial charge in [0, 0.05) is 0 Å². The normalized spacial score (nSPS) is 19.9. The Hall–Kier alpha value is -2.82. The Bertz CT molecular complexity index is 1150. The third-order valence-electron chi connectivity index (χ3n) is 4.51. The molecule has 6 radical (unpaired) electrons. The first-order chi connectivity index (χ1) is 14.2. The minimum atomic E-state index is -4.91. The lowest BCUT2D eigenvalue weighted by molar-refractivity contribution is -0.137. The van der Waals surface area contributed by atoms with E-state index in [2.05, 4.69) is 0 Å². The maximum atomic E-state index is 12.8. The molecule has 2 aromatic carbocycles. The molecule has 0 bridgehead atoms. The van der Waals surface area contributed by atoms with Gasteiger partial charge in [0.25, 0.3) is 0 Å². The van der Waals surface area contributed by atoms with Gasteiger partial charge in [0.05, 0.1) is 25.8 Å². The zero-order valence-electron chi connectivity index (χ0n) is 15.6. The molecule has 2 N–H and O–H groups in total. The van der Waals surface area contributed by atoms with Gasteiger partial charge in [-0.15, -0.1) is 0 Å². The zero-order chi connectivity index (χ0) is 23.2. The topological polar surface area (TPSA) is 95.7 Å². The van der Waals surface area contributed by atoms with Crippen LogP contribution in [-0.2, 0) is 40.1 Å². The number of hydrogen-bond donors (Lipinski definition) is 1. The molecule has 0 fully saturated rings. The Morgan fingerprint density at radius 3 is 2.03 bits per heavy atom. The number of carbonyl (C=O) groups is 1. The Balaban J connectivity index is 1.91. The molecule has 1 aliphatic heterocycles. The SMILES string of the molecule is [B]C([B])(c1ccccc1)S(=O)(=O)OC1=C(N)O[C@@]([B])(c2ccc(C(F)(F)F)cc2)C1=O. The number of Topliss-reactive ketones (excluding diaryl/α,β-unsaturated/α-hetero) is 1. The highest BCUT2D eigenvalue weighted by molar-refractivity contribution is 7.90. The maximum absolute atomic E-state index is 12.8. The van der Waals surface area contributed by atoms with Crippen LogP contribution < -0.4 is 5.73 Å². The average Bonchev–Trinajstić information content (AvgIpc) is 2.91. The maximum Gasteiger partial charge on any atom is 0.416 e. The van der Waals surface area contributed by atoms with E-state index in [9.17, 15) is 26.4 Å². The van der Waals surface area contributed by atoms with Crippen LogP contribution in [0.4, 0.5) is 13.2 Å². The number of nitrogens with two attached hydrogens (primary N) is 1. The molecule has 3 rings (SSSR count). The van der Waals surface area contributed by atoms with Crippen molar-refractivity contribution in [2.24, 2.45) is 5.73 Å². The highest BCUT2D eigenvalue weighted by atomic mass is 32.2. The molecule has 1 atom stereocenters. The van der Waals surface area contributed by atoms with Crippen LogP contribution in [0.1, 0.15) is 16.7 Å². The van der Waals surface area contributed by atoms with Gasteiger partial charge in [-0.2, -0.15) is 21.6 Å². The first kappa shape index (κ1) is 22.9. The Morgan fingerprint density at radius 1 is 0.968 bits per heavy atom. The second kappa shape index (κ2) is 7.40. The highest BCUT2D eigenvalue weighted by Gasteiger charge is 2.50. The number of carbonyl (C=O) groups excluding carboxylic acids is 1. The molecular formula is C18H11B3F3NO5S. The number of hydrogen-bond acceptors (Lipinski definition) is 6. The molecule has 13 heteroatoms. The van der Waals surface area contributed by atoms with Gasteiger partial charge < -0.3 is 14.7 Å². The number of ketones is 1. The first-order valence-electron chi connectivity index (χ1n) is 8.47. The molecule has 0 aromatic heterocycles. The van der Waals surface area contributed by atoms with Crippen molar-refractivity contribution in [3.63, 3.8) is 0 Å². The van der Waals surface area contributed by atoms with Crippen molar-refractivity contribution in [1.82, 2.24) is 0 Å². The molecule has 0 spiro atoms. The van der Waals surface area contributed by atoms with Crippen molar-refractivity contribution < 1.29 is 35.3 Å². The molecular weight excluding hydrogens is 432 g/mol. The van der Waals surface area contributed by atoms with Crippen LogP contribution in [0.2, 0.25) is 0 Å². The number of halogens is 3. The summed E-state index contributed by atoms with van der Waals surface area (Å²) in [4.78, 5) is 12.8. The van der Waals surface area contributed by atoms with Crippen LogP contribution in [0, 0.1) is 0 Å². The van der Waals surface area contributed by atoms with Gasteiger partial charge in [-0.1, -0.05) is 42.5 Å². The van der Waals surface area contributed by atoms with E-state index in [1.165, 1.54) is 24.3 Å². The summed E-state index contributed by atoms with van der Waals surface area (Å²) < 4.78 is 70.9. The molecule has 0 unspecified atom stereocenters. The first-order valence-corrected chi connectivity index (χ1v) is 9.88. The summed E-state index contributed by atoms with van der Waals surface area (Å²) in [5, 5.41) is 0. The van der Waals surface area contributed by atoms with Gasteiger partial charge in [0.1, 0.15) is 7.85 Å². The quantitative estimate of drug-likeness (QED) is 0.553. The van der Waals surface area contributed by atoms with E-state index in [0.717, 1.165) is 12.1 Å². The van der Waals surface area contributed by atoms with E-state index in [-0.39, 0.29) is 11.1 Å². The molecule has 1 aliphatic rings. The lowest BCUT2D eigenvalue weighted by Gasteiger charge is -2.26. The van der Waals surface area contributed by atoms with Gasteiger partial charge >= 0.3 is 16.3 Å². The van der Waals surface area contributed by atoms with Crippen LogP contribution in [-0.4, -0.2) is 37.7 Å². The number of benzene rings is 2. The third kappa shape index (κ3) is 3.94. The van der Waals surface area contributed by atoms with E-state index >= 15 is 0 Å². The summed E-state index contributed by atoms with van der Waals surface area (Å²) in [7, 11) is 12.4. The van der Waals surface area contributed by atoms with E-state index < -0.39 is 49.3 Å². The summed E-state index contributed by atoms with van der Waals surface area (Å²) in [5.41, 5.74) is 1.88. The summed E-state index contributed by atoms with van der Waals surface area (Å²) in [6.45, 7) is 0. The zero-order valence-corrected chi connectivity index (χ0v) is 16.4. The standard InChI is InChI=1S/C18H11B3F3NO5S/c19-16(10-6-8-12(9-7-10)18(22,23)24)14(26)13(15(25)29-16)30-31(27,28)17(20,21)11-4-2-1-3-5-11/h1-9H,25H2/t16-/m0/s1. The lowest BCUT2D eigenvalue weighted by Crippen LogP contribution is -2.40. The van der Waals surface area contributed by atoms with E-state index in [1.54, 1.807) is 6.07 Å². The highest BCUT2D eigenvalue weighted by Crippen LogP contribution is 2.39. The molecule has 1 heterocycles. The molecule has 6 nitrogen and oxygen atoms in total. The van der Waals surface area contributed by atoms with Crippen molar-refractivity contribution >= 4 is 39.4 Å². The average molecular weight is 443 g/mol. The number of alkyl halides is 3. The van der Waals surface area contributed by atoms with E-state index in [1.807, 2.05) is 0 Å². The van der Waals surface area contributed by atoms with E-state index in [0.29, 0.717) is 12.1 Å². The molecule has 31 heavy (non-hydrogen) atoms. The van der Waals surface area contributed by atoms with E-state index in [4.69, 9.17) is 38.2 Å². The third-order valence-corrected chi connectivity index (χ3v) is 5.96. The van der Waals surface area contributed by atoms with Gasteiger partial charge in [-0.05, 0) is 23.3 Å². The predicted octanol–water partition coefficient (Wildman–Crippen LogP) is 1.25. The molecule has 0 amide bonds. The largest absolute Gasteiger partial charge is 0.467 e. The fourth-order valence-corrected chi connectivity index (χ4v) is 3.68. The van der Waals surface area contributed by atoms with Crippen molar-refractivity contribution in [2.45, 2.75) is 16.2 Å². The van der Waals surface area contributed by atoms with Crippen LogP contribution in [0.25, 0.3) is 0 Å². The smallest absolute Gasteiger partial charge is 0.416 e. The van der Waals surface area contributed by atoms with Crippen LogP contribution in [0.3, 0.4) is 0 Å². The number of ether oxygens (including phenoxy) is 1. The van der Waals surface area contributed by atoms with Crippen molar-refractivity contribution in [2.75, 3.05) is 0 Å². The molecule has 0 saturated heterocycles. The Kier molecular flexibility index (Phi) is 5.46. The number of rotatable bonds is 5. The minimum Gasteiger partial charge on any atom is -0.467 e. The van der Waals surface area contributed by atoms with Gasteiger partial charge in [-0.25, -0.2) is 0 Å². The lowest BCUT2D eigenvalue weighted by atomic mass is 9.65. The van der Waals surface area contributed by atoms with Gasteiger partial charge in [0.2, 0.25) is 17.4 Å². The second-order valence-electron chi connectivity index (χ2n) is 6.63. The van der Waals surface area contributed by atoms with Crippen LogP contribution in [0.15, 0.2) is 66.2 Å². The Morgan fingerprint density at radius 2 is 1.52 bits per heavy atom. The van der Waals surface area contributed by atoms with Crippen LogP contribution >= 0.6 is 0 Å².